The van der Waals surface area contributed by atoms with Crippen molar-refractivity contribution in [2.45, 2.75) is 65.1 Å². The smallest absolute Gasteiger partial charge is 0.169 e. The normalized spacial score (nSPS) is 22.0. The molecule has 1 aliphatic carbocycles. The predicted molar refractivity (Wildman–Crippen MR) is 84.0 cm³/mol. The van der Waals surface area contributed by atoms with Gasteiger partial charge in [-0.25, -0.2) is 0 Å². The van der Waals surface area contributed by atoms with Crippen LogP contribution in [-0.2, 0) is 14.9 Å². The molecule has 2 unspecified atom stereocenters. The van der Waals surface area contributed by atoms with E-state index in [1.165, 1.54) is 5.56 Å². The van der Waals surface area contributed by atoms with E-state index in [0.29, 0.717) is 13.0 Å². The highest BCUT2D eigenvalue weighted by atomic mass is 16.5. The summed E-state index contributed by atoms with van der Waals surface area (Å²) in [6.45, 7) is 11.2. The van der Waals surface area contributed by atoms with Crippen LogP contribution in [-0.4, -0.2) is 24.6 Å². The topological polar surface area (TPSA) is 35.5 Å². The van der Waals surface area contributed by atoms with Crippen molar-refractivity contribution in [2.75, 3.05) is 6.61 Å². The molecule has 3 nitrogen and oxygen atoms in total. The van der Waals surface area contributed by atoms with Crippen molar-refractivity contribution in [1.82, 2.24) is 0 Å². The number of carbonyl (C=O) groups excluding carboxylic acids is 1. The summed E-state index contributed by atoms with van der Waals surface area (Å²) in [4.78, 5) is 11.7. The lowest BCUT2D eigenvalue weighted by Gasteiger charge is -2.36. The Morgan fingerprint density at radius 3 is 2.57 bits per heavy atom. The Hall–Kier alpha value is -1.35. The number of carbonyl (C=O) groups is 1. The third-order valence-electron chi connectivity index (χ3n) is 3.78. The van der Waals surface area contributed by atoms with Gasteiger partial charge in [0.05, 0.1) is 0 Å². The molecule has 0 N–H and O–H groups in total. The first kappa shape index (κ1) is 16.0. The number of hydrogen-bond donors (Lipinski definition) is 0. The molecule has 0 saturated heterocycles. The summed E-state index contributed by atoms with van der Waals surface area (Å²) >= 11 is 0. The summed E-state index contributed by atoms with van der Waals surface area (Å²) in [6.07, 6.45) is 0.824. The molecular formula is C18H26O3. The van der Waals surface area contributed by atoms with Gasteiger partial charge >= 0.3 is 0 Å². The van der Waals surface area contributed by atoms with E-state index in [1.807, 2.05) is 6.92 Å². The van der Waals surface area contributed by atoms with Crippen LogP contribution in [0.25, 0.3) is 0 Å². The minimum Gasteiger partial charge on any atom is -0.486 e. The second-order valence-corrected chi connectivity index (χ2v) is 6.87. The van der Waals surface area contributed by atoms with Gasteiger partial charge in [-0.15, -0.1) is 0 Å². The molecule has 116 valence electrons. The number of ketones is 1. The van der Waals surface area contributed by atoms with Crippen LogP contribution in [0.2, 0.25) is 0 Å². The summed E-state index contributed by atoms with van der Waals surface area (Å²) in [5, 5.41) is 0. The van der Waals surface area contributed by atoms with Crippen molar-refractivity contribution in [3.63, 3.8) is 0 Å². The average Bonchev–Trinajstić information content (AvgIpc) is 2.37. The van der Waals surface area contributed by atoms with Crippen molar-refractivity contribution < 1.29 is 14.3 Å². The molecule has 21 heavy (non-hydrogen) atoms. The maximum Gasteiger partial charge on any atom is 0.169 e. The molecule has 0 bridgehead atoms. The summed E-state index contributed by atoms with van der Waals surface area (Å²) < 4.78 is 11.7. The van der Waals surface area contributed by atoms with Crippen molar-refractivity contribution in [3.8, 4) is 5.75 Å². The largest absolute Gasteiger partial charge is 0.486 e. The fourth-order valence-electron chi connectivity index (χ4n) is 2.53. The molecule has 2 rings (SSSR count). The molecule has 2 atom stereocenters. The Balaban J connectivity index is 2.16. The van der Waals surface area contributed by atoms with Crippen LogP contribution < -0.4 is 4.74 Å². The van der Waals surface area contributed by atoms with E-state index in [2.05, 4.69) is 45.9 Å². The molecular weight excluding hydrogens is 264 g/mol. The van der Waals surface area contributed by atoms with Crippen LogP contribution in [0.3, 0.4) is 0 Å². The SMILES string of the molecule is CCCOC1C(=O)CC1Oc1cc(C)ccc1C(C)(C)C. The third-order valence-corrected chi connectivity index (χ3v) is 3.78. The molecule has 1 saturated carbocycles. The van der Waals surface area contributed by atoms with Gasteiger partial charge in [-0.2, -0.15) is 0 Å². The zero-order chi connectivity index (χ0) is 15.6. The van der Waals surface area contributed by atoms with Gasteiger partial charge in [0.2, 0.25) is 0 Å². The Labute approximate surface area is 127 Å². The molecule has 0 radical (unpaired) electrons. The average molecular weight is 290 g/mol. The Bertz CT molecular complexity index is 514. The maximum absolute atomic E-state index is 11.7. The van der Waals surface area contributed by atoms with Crippen LogP contribution >= 0.6 is 0 Å². The van der Waals surface area contributed by atoms with Gasteiger partial charge < -0.3 is 9.47 Å². The molecule has 0 aliphatic heterocycles. The molecule has 1 fully saturated rings. The van der Waals surface area contributed by atoms with Gasteiger partial charge in [0.25, 0.3) is 0 Å². The number of ether oxygens (including phenoxy) is 2. The fourth-order valence-corrected chi connectivity index (χ4v) is 2.53. The highest BCUT2D eigenvalue weighted by Crippen LogP contribution is 2.35. The van der Waals surface area contributed by atoms with Crippen LogP contribution in [0.1, 0.15) is 51.7 Å². The van der Waals surface area contributed by atoms with Crippen LogP contribution in [0.4, 0.5) is 0 Å². The van der Waals surface area contributed by atoms with Gasteiger partial charge in [-0.1, -0.05) is 39.8 Å². The quantitative estimate of drug-likeness (QED) is 0.827. The number of aryl methyl sites for hydroxylation is 1. The molecule has 0 aromatic heterocycles. The fraction of sp³-hybridized carbons (Fsp3) is 0.611. The first-order chi connectivity index (χ1) is 9.82. The first-order valence-corrected chi connectivity index (χ1v) is 7.75. The standard InChI is InChI=1S/C18H26O3/c1-6-9-20-17-14(19)11-16(17)21-15-10-12(2)7-8-13(15)18(3,4)5/h7-8,10,16-17H,6,9,11H2,1-5H3. The van der Waals surface area contributed by atoms with E-state index < -0.39 is 6.10 Å². The molecule has 1 aliphatic rings. The lowest BCUT2D eigenvalue weighted by atomic mass is 9.85. The second kappa shape index (κ2) is 6.18. The summed E-state index contributed by atoms with van der Waals surface area (Å²) in [7, 11) is 0. The predicted octanol–water partition coefficient (Wildman–Crippen LogP) is 3.81. The van der Waals surface area contributed by atoms with E-state index in [-0.39, 0.29) is 17.3 Å². The van der Waals surface area contributed by atoms with E-state index >= 15 is 0 Å². The van der Waals surface area contributed by atoms with E-state index in [1.54, 1.807) is 0 Å². The Morgan fingerprint density at radius 2 is 2.00 bits per heavy atom. The highest BCUT2D eigenvalue weighted by molar-refractivity contribution is 5.90. The lowest BCUT2D eigenvalue weighted by Crippen LogP contribution is -2.52. The van der Waals surface area contributed by atoms with Gasteiger partial charge in [-0.05, 0) is 36.0 Å². The first-order valence-electron chi connectivity index (χ1n) is 7.75. The number of benzene rings is 1. The highest BCUT2D eigenvalue weighted by Gasteiger charge is 2.43. The van der Waals surface area contributed by atoms with Crippen LogP contribution in [0.15, 0.2) is 18.2 Å². The summed E-state index contributed by atoms with van der Waals surface area (Å²) in [5.74, 6) is 1.03. The minimum absolute atomic E-state index is 0.0105. The van der Waals surface area contributed by atoms with E-state index in [9.17, 15) is 4.79 Å². The van der Waals surface area contributed by atoms with Gasteiger partial charge in [-0.3, -0.25) is 4.79 Å². The van der Waals surface area contributed by atoms with E-state index in [0.717, 1.165) is 17.7 Å². The monoisotopic (exact) mass is 290 g/mol. The van der Waals surface area contributed by atoms with Crippen molar-refractivity contribution in [3.05, 3.63) is 29.3 Å². The maximum atomic E-state index is 11.7. The zero-order valence-corrected chi connectivity index (χ0v) is 13.7. The van der Waals surface area contributed by atoms with Crippen molar-refractivity contribution >= 4 is 5.78 Å². The minimum atomic E-state index is -0.390. The molecule has 3 heteroatoms. The number of hydrogen-bond acceptors (Lipinski definition) is 3. The summed E-state index contributed by atoms with van der Waals surface area (Å²) in [5.41, 5.74) is 2.34. The van der Waals surface area contributed by atoms with Crippen LogP contribution in [0, 0.1) is 6.92 Å². The molecule has 0 spiro atoms. The molecule has 0 amide bonds. The van der Waals surface area contributed by atoms with Gasteiger partial charge in [0, 0.05) is 13.0 Å². The Kier molecular flexibility index (Phi) is 4.72. The van der Waals surface area contributed by atoms with Gasteiger partial charge in [0.1, 0.15) is 11.9 Å². The zero-order valence-electron chi connectivity index (χ0n) is 13.7. The lowest BCUT2D eigenvalue weighted by molar-refractivity contribution is -0.154. The van der Waals surface area contributed by atoms with E-state index in [4.69, 9.17) is 9.47 Å². The third kappa shape index (κ3) is 3.65. The van der Waals surface area contributed by atoms with Gasteiger partial charge in [0.15, 0.2) is 11.9 Å². The van der Waals surface area contributed by atoms with Crippen molar-refractivity contribution in [2.24, 2.45) is 0 Å². The summed E-state index contributed by atoms with van der Waals surface area (Å²) in [6, 6.07) is 6.28. The second-order valence-electron chi connectivity index (χ2n) is 6.87. The number of rotatable bonds is 5. The molecule has 1 aromatic rings. The molecule has 1 aromatic carbocycles. The molecule has 0 heterocycles. The number of Topliss-reactive ketones (excluding diaryl/α,β-unsaturated/α-hetero) is 1. The van der Waals surface area contributed by atoms with Crippen LogP contribution in [0.5, 0.6) is 5.75 Å². The van der Waals surface area contributed by atoms with Crippen molar-refractivity contribution in [1.29, 1.82) is 0 Å². The Morgan fingerprint density at radius 1 is 1.29 bits per heavy atom.